The quantitative estimate of drug-likeness (QED) is 0.581. The van der Waals surface area contributed by atoms with Crippen molar-refractivity contribution in [1.82, 2.24) is 9.47 Å². The number of hydrogen-bond acceptors (Lipinski definition) is 1. The highest BCUT2D eigenvalue weighted by molar-refractivity contribution is 5.99. The highest BCUT2D eigenvalue weighted by atomic mass is 16.2. The molecule has 28 heavy (non-hydrogen) atoms. The Kier molecular flexibility index (Phi) is 4.12. The number of carbonyl (C=O) groups is 1. The van der Waals surface area contributed by atoms with Gasteiger partial charge in [-0.2, -0.15) is 0 Å². The Morgan fingerprint density at radius 2 is 1.68 bits per heavy atom. The second-order valence-electron chi connectivity index (χ2n) is 8.13. The number of amides is 1. The van der Waals surface area contributed by atoms with E-state index in [1.807, 2.05) is 6.07 Å². The maximum atomic E-state index is 13.5. The molecule has 3 nitrogen and oxygen atoms in total. The van der Waals surface area contributed by atoms with E-state index in [0.717, 1.165) is 24.8 Å². The molecule has 2 aromatic carbocycles. The van der Waals surface area contributed by atoms with Gasteiger partial charge in [-0.05, 0) is 49.8 Å². The molecule has 0 N–H and O–H groups in total. The minimum atomic E-state index is 0.0447. The van der Waals surface area contributed by atoms with Crippen LogP contribution in [0.1, 0.15) is 55.8 Å². The largest absolute Gasteiger partial charge is 0.350 e. The van der Waals surface area contributed by atoms with Crippen LogP contribution in [0.2, 0.25) is 0 Å². The van der Waals surface area contributed by atoms with Crippen LogP contribution in [0.4, 0.5) is 0 Å². The molecule has 3 aromatic rings. The van der Waals surface area contributed by atoms with Crippen LogP contribution in [0.25, 0.3) is 10.9 Å². The number of nitrogens with zero attached hydrogens (tertiary/aromatic N) is 2. The smallest absolute Gasteiger partial charge is 0.251 e. The zero-order valence-corrected chi connectivity index (χ0v) is 16.6. The number of aromatic nitrogens is 1. The summed E-state index contributed by atoms with van der Waals surface area (Å²) in [5, 5.41) is 1.26. The van der Waals surface area contributed by atoms with E-state index in [1.165, 1.54) is 34.0 Å². The number of para-hydroxylation sites is 1. The van der Waals surface area contributed by atoms with Gasteiger partial charge in [-0.25, -0.2) is 0 Å². The van der Waals surface area contributed by atoms with Gasteiger partial charge >= 0.3 is 0 Å². The zero-order valence-electron chi connectivity index (χ0n) is 16.6. The van der Waals surface area contributed by atoms with Crippen LogP contribution < -0.4 is 0 Å². The van der Waals surface area contributed by atoms with Crippen molar-refractivity contribution in [3.8, 4) is 0 Å². The van der Waals surface area contributed by atoms with E-state index in [2.05, 4.69) is 78.2 Å². The molecule has 1 amide bonds. The van der Waals surface area contributed by atoms with Crippen molar-refractivity contribution >= 4 is 16.8 Å². The van der Waals surface area contributed by atoms with Crippen molar-refractivity contribution in [2.75, 3.05) is 0 Å². The lowest BCUT2D eigenvalue weighted by atomic mass is 9.87. The molecule has 1 aliphatic carbocycles. The van der Waals surface area contributed by atoms with E-state index in [4.69, 9.17) is 0 Å². The van der Waals surface area contributed by atoms with Gasteiger partial charge in [-0.15, -0.1) is 0 Å². The summed E-state index contributed by atoms with van der Waals surface area (Å²) in [5.74, 6) is 0.240. The Morgan fingerprint density at radius 1 is 0.964 bits per heavy atom. The van der Waals surface area contributed by atoms with Crippen LogP contribution in [-0.2, 0) is 11.8 Å². The van der Waals surface area contributed by atoms with Crippen molar-refractivity contribution in [2.24, 2.45) is 7.05 Å². The number of benzene rings is 2. The second kappa shape index (κ2) is 6.66. The van der Waals surface area contributed by atoms with Gasteiger partial charge in [0.25, 0.3) is 5.91 Å². The fourth-order valence-corrected chi connectivity index (χ4v) is 5.14. The Balaban J connectivity index is 1.69. The maximum absolute atomic E-state index is 13.5. The van der Waals surface area contributed by atoms with Gasteiger partial charge in [0, 0.05) is 35.3 Å². The van der Waals surface area contributed by atoms with Crippen LogP contribution >= 0.6 is 0 Å². The predicted molar refractivity (Wildman–Crippen MR) is 113 cm³/mol. The molecule has 2 atom stereocenters. The zero-order chi connectivity index (χ0) is 19.3. The minimum Gasteiger partial charge on any atom is -0.350 e. The molecule has 0 fully saturated rings. The average molecular weight is 370 g/mol. The predicted octanol–water partition coefficient (Wildman–Crippen LogP) is 5.69. The van der Waals surface area contributed by atoms with Crippen molar-refractivity contribution in [3.05, 3.63) is 83.1 Å². The third-order valence-electron chi connectivity index (χ3n) is 6.53. The molecule has 3 heteroatoms. The van der Waals surface area contributed by atoms with Gasteiger partial charge in [0.15, 0.2) is 0 Å². The van der Waals surface area contributed by atoms with Gasteiger partial charge in [-0.3, -0.25) is 4.79 Å². The Morgan fingerprint density at radius 3 is 2.50 bits per heavy atom. The summed E-state index contributed by atoms with van der Waals surface area (Å²) >= 11 is 0. The average Bonchev–Trinajstić information content (AvgIpc) is 3.23. The Bertz CT molecular complexity index is 1080. The first-order valence-electron chi connectivity index (χ1n) is 10.3. The van der Waals surface area contributed by atoms with E-state index < -0.39 is 0 Å². The molecule has 1 aliphatic heterocycles. The Hall–Kier alpha value is -2.81. The molecule has 0 saturated carbocycles. The second-order valence-corrected chi connectivity index (χ2v) is 8.13. The van der Waals surface area contributed by atoms with Gasteiger partial charge < -0.3 is 9.47 Å². The van der Waals surface area contributed by atoms with E-state index in [-0.39, 0.29) is 18.0 Å². The first kappa shape index (κ1) is 17.3. The summed E-state index contributed by atoms with van der Waals surface area (Å²) in [7, 11) is 2.10. The van der Waals surface area contributed by atoms with E-state index in [0.29, 0.717) is 0 Å². The van der Waals surface area contributed by atoms with E-state index in [1.54, 1.807) is 0 Å². The SMILES string of the molecule is C[C@@H](c1ccccc1)N1C(=O)C2=C(CCCC2)[C@H]1c1cn(C)c2ccccc12. The number of rotatable bonds is 3. The number of aryl methyl sites for hydroxylation is 1. The van der Waals surface area contributed by atoms with E-state index in [9.17, 15) is 4.79 Å². The molecule has 2 heterocycles. The van der Waals surface area contributed by atoms with Crippen molar-refractivity contribution in [1.29, 1.82) is 0 Å². The number of carbonyl (C=O) groups excluding carboxylic acids is 1. The normalized spacial score (nSPS) is 20.7. The standard InChI is InChI=1S/C25H26N2O/c1-17(18-10-4-3-5-11-18)27-24(20-13-6-7-14-21(20)25(27)28)22-16-26(2)23-15-9-8-12-19(22)23/h3-5,8-12,15-17,24H,6-7,13-14H2,1-2H3/t17-,24-/m0/s1. The fourth-order valence-electron chi connectivity index (χ4n) is 5.14. The lowest BCUT2D eigenvalue weighted by molar-refractivity contribution is -0.129. The molecule has 0 bridgehead atoms. The molecule has 0 unspecified atom stereocenters. The first-order valence-corrected chi connectivity index (χ1v) is 10.3. The van der Waals surface area contributed by atoms with Crippen molar-refractivity contribution in [3.63, 3.8) is 0 Å². The molecule has 0 saturated heterocycles. The summed E-state index contributed by atoms with van der Waals surface area (Å²) in [6.07, 6.45) is 6.50. The summed E-state index contributed by atoms with van der Waals surface area (Å²) in [6, 6.07) is 19.1. The molecule has 0 spiro atoms. The maximum Gasteiger partial charge on any atom is 0.251 e. The van der Waals surface area contributed by atoms with Crippen LogP contribution in [0.5, 0.6) is 0 Å². The molecule has 0 radical (unpaired) electrons. The van der Waals surface area contributed by atoms with Crippen LogP contribution in [0.15, 0.2) is 71.9 Å². The van der Waals surface area contributed by atoms with Crippen LogP contribution in [0.3, 0.4) is 0 Å². The molecule has 2 aliphatic rings. The van der Waals surface area contributed by atoms with Gasteiger partial charge in [-0.1, -0.05) is 48.5 Å². The number of hydrogen-bond donors (Lipinski definition) is 0. The summed E-state index contributed by atoms with van der Waals surface area (Å²) in [6.45, 7) is 2.17. The summed E-state index contributed by atoms with van der Waals surface area (Å²) < 4.78 is 2.20. The van der Waals surface area contributed by atoms with E-state index >= 15 is 0 Å². The van der Waals surface area contributed by atoms with Gasteiger partial charge in [0.05, 0.1) is 12.1 Å². The molecular formula is C25H26N2O. The monoisotopic (exact) mass is 370 g/mol. The number of fused-ring (bicyclic) bond motifs is 1. The van der Waals surface area contributed by atoms with Crippen LogP contribution in [-0.4, -0.2) is 15.4 Å². The van der Waals surface area contributed by atoms with Gasteiger partial charge in [0.2, 0.25) is 0 Å². The third-order valence-corrected chi connectivity index (χ3v) is 6.53. The molecule has 142 valence electrons. The summed E-state index contributed by atoms with van der Waals surface area (Å²) in [5.41, 5.74) is 6.12. The fraction of sp³-hybridized carbons (Fsp3) is 0.320. The molecule has 5 rings (SSSR count). The highest BCUT2D eigenvalue weighted by Gasteiger charge is 2.43. The van der Waals surface area contributed by atoms with Gasteiger partial charge in [0.1, 0.15) is 0 Å². The Labute approximate surface area is 166 Å². The molecular weight excluding hydrogens is 344 g/mol. The first-order chi connectivity index (χ1) is 13.7. The minimum absolute atomic E-state index is 0.0447. The topological polar surface area (TPSA) is 25.2 Å². The van der Waals surface area contributed by atoms with Crippen molar-refractivity contribution in [2.45, 2.75) is 44.7 Å². The highest BCUT2D eigenvalue weighted by Crippen LogP contribution is 2.49. The molecule has 1 aromatic heterocycles. The van der Waals surface area contributed by atoms with Crippen LogP contribution in [0, 0.1) is 0 Å². The lowest BCUT2D eigenvalue weighted by Crippen LogP contribution is -2.33. The summed E-state index contributed by atoms with van der Waals surface area (Å²) in [4.78, 5) is 15.7. The lowest BCUT2D eigenvalue weighted by Gasteiger charge is -2.33. The third kappa shape index (κ3) is 2.53. The van der Waals surface area contributed by atoms with Crippen molar-refractivity contribution < 1.29 is 4.79 Å².